The summed E-state index contributed by atoms with van der Waals surface area (Å²) in [5.74, 6) is 0.505. The summed E-state index contributed by atoms with van der Waals surface area (Å²) in [6.45, 7) is 5.85. The molecule has 0 aliphatic heterocycles. The van der Waals surface area contributed by atoms with Crippen molar-refractivity contribution in [2.45, 2.75) is 40.0 Å². The van der Waals surface area contributed by atoms with Crippen LogP contribution in [-0.4, -0.2) is 30.5 Å². The molecule has 0 N–H and O–H groups in total. The summed E-state index contributed by atoms with van der Waals surface area (Å²) in [6, 6.07) is 1.68. The number of carbonyl (C=O) groups excluding carboxylic acids is 2. The first kappa shape index (κ1) is 17.1. The molecule has 0 fully saturated rings. The first-order valence-corrected chi connectivity index (χ1v) is 7.75. The number of hydrogen-bond donors (Lipinski definition) is 0. The molecule has 0 saturated carbocycles. The van der Waals surface area contributed by atoms with Crippen LogP contribution in [0.4, 0.5) is 9.59 Å². The molecule has 0 aromatic carbocycles. The second-order valence-corrected chi connectivity index (χ2v) is 5.32. The Hall–Kier alpha value is -2.31. The van der Waals surface area contributed by atoms with Crippen molar-refractivity contribution in [3.8, 4) is 11.6 Å². The molecule has 0 radical (unpaired) electrons. The van der Waals surface area contributed by atoms with Crippen molar-refractivity contribution in [3.05, 3.63) is 17.3 Å². The predicted molar refractivity (Wildman–Crippen MR) is 80.7 cm³/mol. The van der Waals surface area contributed by atoms with Crippen LogP contribution >= 0.6 is 0 Å². The third kappa shape index (κ3) is 4.58. The van der Waals surface area contributed by atoms with Gasteiger partial charge in [0.2, 0.25) is 0 Å². The van der Waals surface area contributed by atoms with Crippen molar-refractivity contribution < 1.29 is 28.5 Å². The number of hydrogen-bond acceptors (Lipinski definition) is 7. The third-order valence-corrected chi connectivity index (χ3v) is 3.46. The highest BCUT2D eigenvalue weighted by Gasteiger charge is 2.23. The number of aryl methyl sites for hydroxylation is 1. The van der Waals surface area contributed by atoms with Crippen LogP contribution in [0.2, 0.25) is 0 Å². The van der Waals surface area contributed by atoms with Crippen molar-refractivity contribution in [1.82, 2.24) is 4.98 Å². The van der Waals surface area contributed by atoms with Crippen LogP contribution in [0.15, 0.2) is 6.07 Å². The summed E-state index contributed by atoms with van der Waals surface area (Å²) < 4.78 is 19.7. The molecule has 7 heteroatoms. The van der Waals surface area contributed by atoms with E-state index in [4.69, 9.17) is 18.9 Å². The van der Waals surface area contributed by atoms with E-state index < -0.39 is 12.3 Å². The molecule has 23 heavy (non-hydrogen) atoms. The molecule has 7 nitrogen and oxygen atoms in total. The van der Waals surface area contributed by atoms with Crippen molar-refractivity contribution in [2.24, 2.45) is 5.92 Å². The van der Waals surface area contributed by atoms with E-state index in [-0.39, 0.29) is 24.8 Å². The van der Waals surface area contributed by atoms with Gasteiger partial charge in [-0.2, -0.15) is 0 Å². The quantitative estimate of drug-likeness (QED) is 0.786. The van der Waals surface area contributed by atoms with Gasteiger partial charge in [-0.05, 0) is 50.7 Å². The lowest BCUT2D eigenvalue weighted by atomic mass is 9.88. The molecule has 1 atom stereocenters. The van der Waals surface area contributed by atoms with Crippen molar-refractivity contribution in [1.29, 1.82) is 0 Å². The fourth-order valence-corrected chi connectivity index (χ4v) is 2.42. The van der Waals surface area contributed by atoms with Crippen molar-refractivity contribution >= 4 is 12.3 Å². The Bertz CT molecular complexity index is 586. The second kappa shape index (κ2) is 7.80. The van der Waals surface area contributed by atoms with Gasteiger partial charge in [-0.15, -0.1) is 0 Å². The SMILES string of the molecule is CCOC(=O)Oc1cc2c(nc1OC(=O)OCC)CCC(C)C2. The van der Waals surface area contributed by atoms with E-state index in [9.17, 15) is 9.59 Å². The van der Waals surface area contributed by atoms with Gasteiger partial charge in [-0.25, -0.2) is 14.6 Å². The number of ether oxygens (including phenoxy) is 4. The zero-order valence-corrected chi connectivity index (χ0v) is 13.6. The summed E-state index contributed by atoms with van der Waals surface area (Å²) in [6.07, 6.45) is 0.873. The minimum atomic E-state index is -0.891. The van der Waals surface area contributed by atoms with E-state index in [1.54, 1.807) is 19.9 Å². The Labute approximate surface area is 134 Å². The predicted octanol–water partition coefficient (Wildman–Crippen LogP) is 3.28. The molecule has 0 saturated heterocycles. The average molecular weight is 323 g/mol. The van der Waals surface area contributed by atoms with Crippen LogP contribution in [0.1, 0.15) is 38.4 Å². The molecule has 0 bridgehead atoms. The molecule has 1 unspecified atom stereocenters. The monoisotopic (exact) mass is 323 g/mol. The van der Waals surface area contributed by atoms with Gasteiger partial charge in [0.1, 0.15) is 0 Å². The standard InChI is InChI=1S/C16H21NO6/c1-4-20-15(18)22-13-9-11-8-10(3)6-7-12(11)17-14(13)23-16(19)21-5-2/h9-10H,4-8H2,1-3H3. The molecular weight excluding hydrogens is 302 g/mol. The summed E-state index contributed by atoms with van der Waals surface area (Å²) in [4.78, 5) is 27.4. The van der Waals surface area contributed by atoms with Gasteiger partial charge in [-0.3, -0.25) is 0 Å². The molecule has 1 aromatic heterocycles. The fraction of sp³-hybridized carbons (Fsp3) is 0.562. The van der Waals surface area contributed by atoms with Gasteiger partial charge in [0.05, 0.1) is 13.2 Å². The first-order valence-electron chi connectivity index (χ1n) is 7.75. The molecule has 0 spiro atoms. The molecule has 126 valence electrons. The molecule has 0 amide bonds. The van der Waals surface area contributed by atoms with Crippen molar-refractivity contribution in [2.75, 3.05) is 13.2 Å². The van der Waals surface area contributed by atoms with Gasteiger partial charge in [0, 0.05) is 5.69 Å². The Morgan fingerprint density at radius 2 is 1.83 bits per heavy atom. The smallest absolute Gasteiger partial charge is 0.434 e. The Balaban J connectivity index is 2.28. The Morgan fingerprint density at radius 3 is 2.48 bits per heavy atom. The van der Waals surface area contributed by atoms with Gasteiger partial charge in [0.15, 0.2) is 5.75 Å². The number of fused-ring (bicyclic) bond motifs is 1. The van der Waals surface area contributed by atoms with E-state index in [2.05, 4.69) is 11.9 Å². The van der Waals surface area contributed by atoms with E-state index in [0.717, 1.165) is 30.5 Å². The lowest BCUT2D eigenvalue weighted by Crippen LogP contribution is -2.18. The normalized spacial score (nSPS) is 16.2. The minimum absolute atomic E-state index is 0.0596. The van der Waals surface area contributed by atoms with Gasteiger partial charge in [-0.1, -0.05) is 6.92 Å². The van der Waals surface area contributed by atoms with Crippen LogP contribution < -0.4 is 9.47 Å². The lowest BCUT2D eigenvalue weighted by molar-refractivity contribution is 0.0923. The number of rotatable bonds is 4. The maximum absolute atomic E-state index is 11.6. The zero-order valence-electron chi connectivity index (χ0n) is 13.6. The topological polar surface area (TPSA) is 84.0 Å². The Morgan fingerprint density at radius 1 is 1.17 bits per heavy atom. The van der Waals surface area contributed by atoms with E-state index in [1.165, 1.54) is 0 Å². The lowest BCUT2D eigenvalue weighted by Gasteiger charge is -2.22. The molecule has 1 aromatic rings. The molecule has 1 aliphatic carbocycles. The van der Waals surface area contributed by atoms with E-state index in [1.807, 2.05) is 0 Å². The highest BCUT2D eigenvalue weighted by atomic mass is 16.7. The number of nitrogens with zero attached hydrogens (tertiary/aromatic N) is 1. The van der Waals surface area contributed by atoms with Crippen LogP contribution in [0.25, 0.3) is 0 Å². The second-order valence-electron chi connectivity index (χ2n) is 5.32. The summed E-state index contributed by atoms with van der Waals surface area (Å²) in [5, 5.41) is 0. The third-order valence-electron chi connectivity index (χ3n) is 3.46. The molecular formula is C16H21NO6. The maximum Gasteiger partial charge on any atom is 0.515 e. The molecule has 2 rings (SSSR count). The van der Waals surface area contributed by atoms with Crippen LogP contribution in [0.5, 0.6) is 11.6 Å². The highest BCUT2D eigenvalue weighted by molar-refractivity contribution is 5.68. The van der Waals surface area contributed by atoms with Crippen molar-refractivity contribution in [3.63, 3.8) is 0 Å². The number of pyridine rings is 1. The summed E-state index contributed by atoms with van der Waals surface area (Å²) in [5.41, 5.74) is 1.83. The zero-order chi connectivity index (χ0) is 16.8. The van der Waals surface area contributed by atoms with Crippen LogP contribution in [0.3, 0.4) is 0 Å². The molecule has 1 heterocycles. The van der Waals surface area contributed by atoms with Crippen LogP contribution in [-0.2, 0) is 22.3 Å². The summed E-state index contributed by atoms with van der Waals surface area (Å²) in [7, 11) is 0. The van der Waals surface area contributed by atoms with Gasteiger partial charge < -0.3 is 18.9 Å². The average Bonchev–Trinajstić information content (AvgIpc) is 2.48. The maximum atomic E-state index is 11.6. The fourth-order valence-electron chi connectivity index (χ4n) is 2.42. The van der Waals surface area contributed by atoms with Crippen LogP contribution in [0, 0.1) is 5.92 Å². The molecule has 1 aliphatic rings. The van der Waals surface area contributed by atoms with E-state index in [0.29, 0.717) is 5.92 Å². The largest absolute Gasteiger partial charge is 0.515 e. The Kier molecular flexibility index (Phi) is 5.78. The number of carbonyl (C=O) groups is 2. The summed E-state index contributed by atoms with van der Waals surface area (Å²) >= 11 is 0. The minimum Gasteiger partial charge on any atom is -0.434 e. The number of aromatic nitrogens is 1. The van der Waals surface area contributed by atoms with Gasteiger partial charge >= 0.3 is 12.3 Å². The first-order chi connectivity index (χ1) is 11.0. The highest BCUT2D eigenvalue weighted by Crippen LogP contribution is 2.33. The van der Waals surface area contributed by atoms with Gasteiger partial charge in [0.25, 0.3) is 5.88 Å². The van der Waals surface area contributed by atoms with E-state index >= 15 is 0 Å².